The summed E-state index contributed by atoms with van der Waals surface area (Å²) in [6, 6.07) is 9.73. The summed E-state index contributed by atoms with van der Waals surface area (Å²) in [4.78, 5) is 4.42. The molecule has 0 bridgehead atoms. The Hall–Kier alpha value is -2.56. The number of rotatable bonds is 2. The molecular formula is C14H13N5. The van der Waals surface area contributed by atoms with Crippen LogP contribution in [0.25, 0.3) is 17.2 Å². The van der Waals surface area contributed by atoms with Crippen molar-refractivity contribution in [2.75, 3.05) is 0 Å². The van der Waals surface area contributed by atoms with Crippen LogP contribution in [0.5, 0.6) is 0 Å². The SMILES string of the molecule is Cc1ccc(-c2ccnn2-c2ccc(C)nn2)nc1. The summed E-state index contributed by atoms with van der Waals surface area (Å²) in [5.41, 5.74) is 3.78. The van der Waals surface area contributed by atoms with Crippen molar-refractivity contribution >= 4 is 0 Å². The molecule has 3 rings (SSSR count). The summed E-state index contributed by atoms with van der Waals surface area (Å²) >= 11 is 0. The van der Waals surface area contributed by atoms with Gasteiger partial charge in [0, 0.05) is 6.20 Å². The lowest BCUT2D eigenvalue weighted by Crippen LogP contribution is -2.04. The molecule has 0 amide bonds. The molecule has 0 atom stereocenters. The Bertz CT molecular complexity index is 623. The number of aromatic nitrogens is 5. The van der Waals surface area contributed by atoms with E-state index in [1.54, 1.807) is 10.9 Å². The van der Waals surface area contributed by atoms with E-state index in [2.05, 4.69) is 20.3 Å². The summed E-state index contributed by atoms with van der Waals surface area (Å²) in [5, 5.41) is 12.5. The van der Waals surface area contributed by atoms with E-state index < -0.39 is 0 Å². The Morgan fingerprint density at radius 3 is 2.53 bits per heavy atom. The van der Waals surface area contributed by atoms with E-state index in [1.807, 2.05) is 50.4 Å². The Kier molecular flexibility index (Phi) is 2.79. The highest BCUT2D eigenvalue weighted by Gasteiger charge is 2.09. The van der Waals surface area contributed by atoms with E-state index in [0.29, 0.717) is 5.82 Å². The Morgan fingerprint density at radius 1 is 0.947 bits per heavy atom. The first-order chi connectivity index (χ1) is 9.24. The van der Waals surface area contributed by atoms with Gasteiger partial charge in [-0.05, 0) is 43.7 Å². The Labute approximate surface area is 111 Å². The third kappa shape index (κ3) is 2.22. The molecule has 0 unspecified atom stereocenters. The standard InChI is InChI=1S/C14H13N5/c1-10-3-5-12(15-9-10)13-7-8-16-19(13)14-6-4-11(2)17-18-14/h3-9H,1-2H3. The first-order valence-electron chi connectivity index (χ1n) is 6.02. The van der Waals surface area contributed by atoms with Crippen molar-refractivity contribution in [1.29, 1.82) is 0 Å². The molecule has 5 nitrogen and oxygen atoms in total. The van der Waals surface area contributed by atoms with Gasteiger partial charge in [0.05, 0.1) is 23.3 Å². The topological polar surface area (TPSA) is 56.5 Å². The summed E-state index contributed by atoms with van der Waals surface area (Å²) < 4.78 is 1.74. The second-order valence-corrected chi connectivity index (χ2v) is 4.38. The van der Waals surface area contributed by atoms with Crippen LogP contribution in [-0.4, -0.2) is 25.0 Å². The van der Waals surface area contributed by atoms with Gasteiger partial charge in [-0.15, -0.1) is 5.10 Å². The lowest BCUT2D eigenvalue weighted by Gasteiger charge is -2.05. The fourth-order valence-electron chi connectivity index (χ4n) is 1.80. The molecule has 19 heavy (non-hydrogen) atoms. The minimum absolute atomic E-state index is 0.688. The molecule has 0 spiro atoms. The molecule has 94 valence electrons. The quantitative estimate of drug-likeness (QED) is 0.701. The minimum Gasteiger partial charge on any atom is -0.254 e. The summed E-state index contributed by atoms with van der Waals surface area (Å²) in [6.07, 6.45) is 3.58. The number of nitrogens with zero attached hydrogens (tertiary/aromatic N) is 5. The fraction of sp³-hybridized carbons (Fsp3) is 0.143. The van der Waals surface area contributed by atoms with Crippen molar-refractivity contribution in [3.63, 3.8) is 0 Å². The maximum Gasteiger partial charge on any atom is 0.176 e. The van der Waals surface area contributed by atoms with Gasteiger partial charge in [-0.3, -0.25) is 4.98 Å². The molecule has 3 aromatic rings. The number of hydrogen-bond acceptors (Lipinski definition) is 4. The summed E-state index contributed by atoms with van der Waals surface area (Å²) in [5.74, 6) is 0.688. The van der Waals surface area contributed by atoms with E-state index in [9.17, 15) is 0 Å². The molecule has 5 heteroatoms. The van der Waals surface area contributed by atoms with Crippen LogP contribution in [0, 0.1) is 13.8 Å². The third-order valence-electron chi connectivity index (χ3n) is 2.82. The van der Waals surface area contributed by atoms with Gasteiger partial charge in [-0.25, -0.2) is 4.68 Å². The fourth-order valence-corrected chi connectivity index (χ4v) is 1.80. The van der Waals surface area contributed by atoms with Crippen LogP contribution in [0.2, 0.25) is 0 Å². The van der Waals surface area contributed by atoms with Gasteiger partial charge in [0.1, 0.15) is 0 Å². The number of hydrogen-bond donors (Lipinski definition) is 0. The van der Waals surface area contributed by atoms with Crippen molar-refractivity contribution in [3.05, 3.63) is 54.0 Å². The first kappa shape index (κ1) is 11.5. The molecular weight excluding hydrogens is 238 g/mol. The highest BCUT2D eigenvalue weighted by molar-refractivity contribution is 5.56. The molecule has 0 N–H and O–H groups in total. The van der Waals surface area contributed by atoms with Gasteiger partial charge in [0.15, 0.2) is 5.82 Å². The zero-order chi connectivity index (χ0) is 13.2. The largest absolute Gasteiger partial charge is 0.254 e. The predicted molar refractivity (Wildman–Crippen MR) is 71.9 cm³/mol. The number of pyridine rings is 1. The van der Waals surface area contributed by atoms with Crippen molar-refractivity contribution < 1.29 is 0 Å². The highest BCUT2D eigenvalue weighted by Crippen LogP contribution is 2.19. The normalized spacial score (nSPS) is 10.6. The van der Waals surface area contributed by atoms with Crippen molar-refractivity contribution in [3.8, 4) is 17.2 Å². The molecule has 3 aromatic heterocycles. The maximum atomic E-state index is 4.42. The van der Waals surface area contributed by atoms with Gasteiger partial charge in [0.25, 0.3) is 0 Å². The molecule has 0 saturated carbocycles. The van der Waals surface area contributed by atoms with Crippen LogP contribution in [0.3, 0.4) is 0 Å². The third-order valence-corrected chi connectivity index (χ3v) is 2.82. The van der Waals surface area contributed by atoms with Crippen molar-refractivity contribution in [1.82, 2.24) is 25.0 Å². The zero-order valence-corrected chi connectivity index (χ0v) is 10.8. The van der Waals surface area contributed by atoms with E-state index in [-0.39, 0.29) is 0 Å². The Morgan fingerprint density at radius 2 is 1.84 bits per heavy atom. The molecule has 0 aliphatic rings. The minimum atomic E-state index is 0.688. The lowest BCUT2D eigenvalue weighted by atomic mass is 10.2. The van der Waals surface area contributed by atoms with Gasteiger partial charge < -0.3 is 0 Å². The van der Waals surface area contributed by atoms with Crippen LogP contribution >= 0.6 is 0 Å². The average molecular weight is 251 g/mol. The maximum absolute atomic E-state index is 4.42. The van der Waals surface area contributed by atoms with E-state index in [0.717, 1.165) is 22.6 Å². The van der Waals surface area contributed by atoms with E-state index in [1.165, 1.54) is 0 Å². The van der Waals surface area contributed by atoms with Crippen molar-refractivity contribution in [2.45, 2.75) is 13.8 Å². The predicted octanol–water partition coefficient (Wildman–Crippen LogP) is 2.34. The average Bonchev–Trinajstić information content (AvgIpc) is 2.90. The second-order valence-electron chi connectivity index (χ2n) is 4.38. The highest BCUT2D eigenvalue weighted by atomic mass is 15.3. The van der Waals surface area contributed by atoms with Crippen LogP contribution in [0.1, 0.15) is 11.3 Å². The van der Waals surface area contributed by atoms with Gasteiger partial charge in [-0.2, -0.15) is 10.2 Å². The second kappa shape index (κ2) is 4.61. The van der Waals surface area contributed by atoms with Crippen LogP contribution in [0.4, 0.5) is 0 Å². The van der Waals surface area contributed by atoms with Crippen molar-refractivity contribution in [2.24, 2.45) is 0 Å². The molecule has 3 heterocycles. The molecule has 0 aliphatic heterocycles. The molecule has 0 aliphatic carbocycles. The molecule has 0 radical (unpaired) electrons. The van der Waals surface area contributed by atoms with Crippen LogP contribution in [0.15, 0.2) is 42.7 Å². The van der Waals surface area contributed by atoms with Gasteiger partial charge in [-0.1, -0.05) is 6.07 Å². The molecule has 0 fully saturated rings. The molecule has 0 saturated heterocycles. The first-order valence-corrected chi connectivity index (χ1v) is 6.02. The van der Waals surface area contributed by atoms with E-state index in [4.69, 9.17) is 0 Å². The summed E-state index contributed by atoms with van der Waals surface area (Å²) in [7, 11) is 0. The zero-order valence-electron chi connectivity index (χ0n) is 10.8. The van der Waals surface area contributed by atoms with Crippen LogP contribution < -0.4 is 0 Å². The van der Waals surface area contributed by atoms with E-state index >= 15 is 0 Å². The monoisotopic (exact) mass is 251 g/mol. The van der Waals surface area contributed by atoms with Crippen LogP contribution in [-0.2, 0) is 0 Å². The number of aryl methyl sites for hydroxylation is 2. The summed E-state index contributed by atoms with van der Waals surface area (Å²) in [6.45, 7) is 3.92. The smallest absolute Gasteiger partial charge is 0.176 e. The Balaban J connectivity index is 2.07. The lowest BCUT2D eigenvalue weighted by molar-refractivity contribution is 0.810. The molecule has 0 aromatic carbocycles. The van der Waals surface area contributed by atoms with Gasteiger partial charge >= 0.3 is 0 Å². The van der Waals surface area contributed by atoms with Gasteiger partial charge in [0.2, 0.25) is 0 Å².